The molecule has 0 aliphatic heterocycles. The second-order valence-electron chi connectivity index (χ2n) is 5.06. The van der Waals surface area contributed by atoms with Gasteiger partial charge >= 0.3 is 5.97 Å². The van der Waals surface area contributed by atoms with E-state index in [-0.39, 0.29) is 19.1 Å². The quantitative estimate of drug-likeness (QED) is 0.653. The molecule has 0 atom stereocenters. The molecule has 2 rings (SSSR count). The summed E-state index contributed by atoms with van der Waals surface area (Å²) >= 11 is 1.66. The van der Waals surface area contributed by atoms with E-state index < -0.39 is 5.97 Å². The van der Waals surface area contributed by atoms with Crippen molar-refractivity contribution in [3.63, 3.8) is 0 Å². The lowest BCUT2D eigenvalue weighted by Gasteiger charge is -2.07. The Bertz CT molecular complexity index is 683. The van der Waals surface area contributed by atoms with Crippen LogP contribution in [-0.2, 0) is 16.1 Å². The minimum absolute atomic E-state index is 0.143. The molecule has 5 heteroatoms. The van der Waals surface area contributed by atoms with Gasteiger partial charge in [-0.15, -0.1) is 11.8 Å². The first-order chi connectivity index (χ1) is 11.1. The van der Waals surface area contributed by atoms with E-state index in [0.29, 0.717) is 5.56 Å². The summed E-state index contributed by atoms with van der Waals surface area (Å²) in [5, 5.41) is 2.56. The van der Waals surface area contributed by atoms with Crippen molar-refractivity contribution in [2.24, 2.45) is 0 Å². The average Bonchev–Trinajstić information content (AvgIpc) is 2.58. The van der Waals surface area contributed by atoms with Gasteiger partial charge in [0.25, 0.3) is 5.91 Å². The van der Waals surface area contributed by atoms with Gasteiger partial charge < -0.3 is 10.1 Å². The number of nitrogens with one attached hydrogen (secondary N) is 1. The van der Waals surface area contributed by atoms with Gasteiger partial charge in [-0.3, -0.25) is 9.59 Å². The Hall–Kier alpha value is -2.27. The normalized spacial score (nSPS) is 10.2. The van der Waals surface area contributed by atoms with E-state index >= 15 is 0 Å². The van der Waals surface area contributed by atoms with Gasteiger partial charge in [-0.25, -0.2) is 0 Å². The first-order valence-electron chi connectivity index (χ1n) is 7.22. The zero-order valence-corrected chi connectivity index (χ0v) is 14.0. The lowest BCUT2D eigenvalue weighted by atomic mass is 10.1. The standard InChI is InChI=1S/C18H19NO3S/c1-13-4-3-5-15(10-13)18(21)19-11-17(20)22-12-14-6-8-16(23-2)9-7-14/h3-10H,11-12H2,1-2H3,(H,19,21). The van der Waals surface area contributed by atoms with Crippen LogP contribution in [0.25, 0.3) is 0 Å². The van der Waals surface area contributed by atoms with Crippen LogP contribution in [0.5, 0.6) is 0 Å². The third kappa shape index (κ3) is 5.45. The van der Waals surface area contributed by atoms with Gasteiger partial charge in [0.15, 0.2) is 0 Å². The summed E-state index contributed by atoms with van der Waals surface area (Å²) in [5.74, 6) is -0.741. The van der Waals surface area contributed by atoms with Crippen LogP contribution in [0.3, 0.4) is 0 Å². The number of carbonyl (C=O) groups is 2. The lowest BCUT2D eigenvalue weighted by molar-refractivity contribution is -0.143. The van der Waals surface area contributed by atoms with Crippen LogP contribution in [0, 0.1) is 6.92 Å². The molecule has 0 saturated heterocycles. The second kappa shape index (κ2) is 8.39. The Morgan fingerprint density at radius 1 is 1.13 bits per heavy atom. The van der Waals surface area contributed by atoms with E-state index in [1.807, 2.05) is 43.5 Å². The molecule has 0 heterocycles. The maximum absolute atomic E-state index is 11.9. The fourth-order valence-electron chi connectivity index (χ4n) is 1.98. The van der Waals surface area contributed by atoms with Crippen molar-refractivity contribution < 1.29 is 14.3 Å². The number of amides is 1. The van der Waals surface area contributed by atoms with E-state index in [4.69, 9.17) is 4.74 Å². The molecule has 1 amide bonds. The number of hydrogen-bond donors (Lipinski definition) is 1. The highest BCUT2D eigenvalue weighted by atomic mass is 32.2. The molecule has 2 aromatic carbocycles. The number of thioether (sulfide) groups is 1. The summed E-state index contributed by atoms with van der Waals surface area (Å²) in [5.41, 5.74) is 2.44. The molecule has 0 unspecified atom stereocenters. The van der Waals surface area contributed by atoms with Crippen molar-refractivity contribution in [2.75, 3.05) is 12.8 Å². The molecule has 2 aromatic rings. The molecular weight excluding hydrogens is 310 g/mol. The highest BCUT2D eigenvalue weighted by Gasteiger charge is 2.09. The van der Waals surface area contributed by atoms with E-state index in [1.54, 1.807) is 30.0 Å². The number of hydrogen-bond acceptors (Lipinski definition) is 4. The molecule has 0 fully saturated rings. The minimum atomic E-state index is -0.458. The number of esters is 1. The predicted molar refractivity (Wildman–Crippen MR) is 91.5 cm³/mol. The Labute approximate surface area is 140 Å². The topological polar surface area (TPSA) is 55.4 Å². The van der Waals surface area contributed by atoms with Gasteiger partial charge in [-0.1, -0.05) is 29.8 Å². The smallest absolute Gasteiger partial charge is 0.325 e. The van der Waals surface area contributed by atoms with Crippen LogP contribution in [-0.4, -0.2) is 24.7 Å². The zero-order chi connectivity index (χ0) is 16.7. The maximum Gasteiger partial charge on any atom is 0.325 e. The molecule has 0 radical (unpaired) electrons. The number of ether oxygens (including phenoxy) is 1. The SMILES string of the molecule is CSc1ccc(COC(=O)CNC(=O)c2cccc(C)c2)cc1. The number of aryl methyl sites for hydroxylation is 1. The van der Waals surface area contributed by atoms with Crippen LogP contribution in [0.4, 0.5) is 0 Å². The maximum atomic E-state index is 11.9. The Morgan fingerprint density at radius 3 is 2.52 bits per heavy atom. The second-order valence-corrected chi connectivity index (χ2v) is 5.94. The summed E-state index contributed by atoms with van der Waals surface area (Å²) in [4.78, 5) is 24.8. The van der Waals surface area contributed by atoms with E-state index in [9.17, 15) is 9.59 Å². The largest absolute Gasteiger partial charge is 0.460 e. The molecule has 4 nitrogen and oxygen atoms in total. The van der Waals surface area contributed by atoms with E-state index in [0.717, 1.165) is 16.0 Å². The fourth-order valence-corrected chi connectivity index (χ4v) is 2.39. The highest BCUT2D eigenvalue weighted by molar-refractivity contribution is 7.98. The summed E-state index contributed by atoms with van der Waals surface area (Å²) in [6, 6.07) is 15.0. The van der Waals surface area contributed by atoms with Crippen molar-refractivity contribution >= 4 is 23.6 Å². The Morgan fingerprint density at radius 2 is 1.87 bits per heavy atom. The van der Waals surface area contributed by atoms with Gasteiger partial charge in [-0.2, -0.15) is 0 Å². The minimum Gasteiger partial charge on any atom is -0.460 e. The zero-order valence-electron chi connectivity index (χ0n) is 13.2. The van der Waals surface area contributed by atoms with Gasteiger partial charge in [0, 0.05) is 10.5 Å². The molecule has 0 aromatic heterocycles. The summed E-state index contributed by atoms with van der Waals surface area (Å²) in [7, 11) is 0. The van der Waals surface area contributed by atoms with Crippen LogP contribution in [0.15, 0.2) is 53.4 Å². The fraction of sp³-hybridized carbons (Fsp3) is 0.222. The summed E-state index contributed by atoms with van der Waals surface area (Å²) < 4.78 is 5.15. The molecule has 0 aliphatic carbocycles. The first-order valence-corrected chi connectivity index (χ1v) is 8.44. The molecule has 0 saturated carbocycles. The van der Waals surface area contributed by atoms with Crippen molar-refractivity contribution in [3.05, 3.63) is 65.2 Å². The van der Waals surface area contributed by atoms with Crippen LogP contribution >= 0.6 is 11.8 Å². The molecule has 1 N–H and O–H groups in total. The third-order valence-electron chi connectivity index (χ3n) is 3.23. The van der Waals surface area contributed by atoms with Gasteiger partial charge in [0.2, 0.25) is 0 Å². The predicted octanol–water partition coefficient (Wildman–Crippen LogP) is 3.19. The Kier molecular flexibility index (Phi) is 6.23. The molecule has 0 aliphatic rings. The Balaban J connectivity index is 1.77. The molecule has 0 spiro atoms. The van der Waals surface area contributed by atoms with Gasteiger partial charge in [0.1, 0.15) is 13.2 Å². The van der Waals surface area contributed by atoms with Crippen LogP contribution in [0.2, 0.25) is 0 Å². The van der Waals surface area contributed by atoms with Crippen molar-refractivity contribution in [3.8, 4) is 0 Å². The van der Waals surface area contributed by atoms with Gasteiger partial charge in [0.05, 0.1) is 0 Å². The van der Waals surface area contributed by atoms with Gasteiger partial charge in [-0.05, 0) is 43.0 Å². The first kappa shape index (κ1) is 17.1. The van der Waals surface area contributed by atoms with E-state index in [1.165, 1.54) is 0 Å². The highest BCUT2D eigenvalue weighted by Crippen LogP contribution is 2.15. The van der Waals surface area contributed by atoms with Crippen molar-refractivity contribution in [2.45, 2.75) is 18.4 Å². The molecule has 120 valence electrons. The number of rotatable bonds is 6. The van der Waals surface area contributed by atoms with Crippen molar-refractivity contribution in [1.29, 1.82) is 0 Å². The van der Waals surface area contributed by atoms with E-state index in [2.05, 4.69) is 5.32 Å². The van der Waals surface area contributed by atoms with Crippen molar-refractivity contribution in [1.82, 2.24) is 5.32 Å². The lowest BCUT2D eigenvalue weighted by Crippen LogP contribution is -2.30. The summed E-state index contributed by atoms with van der Waals surface area (Å²) in [6.45, 7) is 1.97. The number of benzene rings is 2. The van der Waals surface area contributed by atoms with Crippen LogP contribution < -0.4 is 5.32 Å². The summed E-state index contributed by atoms with van der Waals surface area (Å²) in [6.07, 6.45) is 2.01. The molecule has 0 bridgehead atoms. The van der Waals surface area contributed by atoms with Crippen LogP contribution in [0.1, 0.15) is 21.5 Å². The molecular formula is C18H19NO3S. The molecule has 23 heavy (non-hydrogen) atoms. The average molecular weight is 329 g/mol. The number of carbonyl (C=O) groups excluding carboxylic acids is 2. The monoisotopic (exact) mass is 329 g/mol. The third-order valence-corrected chi connectivity index (χ3v) is 3.98.